The molecule has 0 aliphatic heterocycles. The summed E-state index contributed by atoms with van der Waals surface area (Å²) in [6.07, 6.45) is 0.994. The Morgan fingerprint density at radius 2 is 2.23 bits per heavy atom. The molecule has 0 heterocycles. The lowest BCUT2D eigenvalue weighted by Gasteiger charge is -2.14. The Morgan fingerprint density at radius 3 is 2.69 bits per heavy atom. The Kier molecular flexibility index (Phi) is 6.22. The van der Waals surface area contributed by atoms with Crippen molar-refractivity contribution in [2.75, 3.05) is 13.7 Å². The van der Waals surface area contributed by atoms with Gasteiger partial charge in [-0.3, -0.25) is 0 Å². The van der Waals surface area contributed by atoms with Crippen LogP contribution in [0, 0.1) is 0 Å². The minimum absolute atomic E-state index is 0.319. The quantitative estimate of drug-likeness (QED) is 0.513. The number of rotatable bonds is 4. The maximum absolute atomic E-state index is 10.9. The zero-order valence-electron chi connectivity index (χ0n) is 8.22. The van der Waals surface area contributed by atoms with E-state index in [0.717, 1.165) is 13.0 Å². The monoisotopic (exact) mass is 204 g/mol. The van der Waals surface area contributed by atoms with Crippen LogP contribution in [-0.4, -0.2) is 30.8 Å². The second kappa shape index (κ2) is 6.65. The number of carbonyl (C=O) groups is 1. The minimum Gasteiger partial charge on any atom is -0.467 e. The molecule has 0 aliphatic carbocycles. The Labute approximate surface area is 84.0 Å². The highest BCUT2D eigenvalue weighted by Gasteiger charge is 2.12. The molecule has 76 valence electrons. The van der Waals surface area contributed by atoms with Crippen molar-refractivity contribution in [1.82, 2.24) is 10.6 Å². The standard InChI is InChI=1S/C8H16N2O2S/c1-4-5-9-8(13)10-6(2)7(11)12-3/h6H,4-5H2,1-3H3,(H2,9,10,13). The minimum atomic E-state index is -0.401. The van der Waals surface area contributed by atoms with Gasteiger partial charge < -0.3 is 15.4 Å². The van der Waals surface area contributed by atoms with Crippen molar-refractivity contribution in [1.29, 1.82) is 0 Å². The Hall–Kier alpha value is -0.840. The van der Waals surface area contributed by atoms with E-state index in [1.165, 1.54) is 7.11 Å². The van der Waals surface area contributed by atoms with Crippen molar-refractivity contribution in [3.05, 3.63) is 0 Å². The molecule has 0 saturated carbocycles. The van der Waals surface area contributed by atoms with Gasteiger partial charge in [-0.2, -0.15) is 0 Å². The normalized spacial score (nSPS) is 11.6. The zero-order valence-corrected chi connectivity index (χ0v) is 9.03. The summed E-state index contributed by atoms with van der Waals surface area (Å²) in [5, 5.41) is 6.25. The van der Waals surface area contributed by atoms with Crippen molar-refractivity contribution < 1.29 is 9.53 Å². The molecule has 4 nitrogen and oxygen atoms in total. The Morgan fingerprint density at radius 1 is 1.62 bits per heavy atom. The molecule has 1 atom stereocenters. The molecule has 0 amide bonds. The number of methoxy groups -OCH3 is 1. The maximum atomic E-state index is 10.9. The van der Waals surface area contributed by atoms with Crippen LogP contribution in [0.4, 0.5) is 0 Å². The number of ether oxygens (including phenoxy) is 1. The van der Waals surface area contributed by atoms with Crippen molar-refractivity contribution >= 4 is 23.3 Å². The molecule has 0 radical (unpaired) electrons. The summed E-state index contributed by atoms with van der Waals surface area (Å²) in [5.74, 6) is -0.319. The first-order chi connectivity index (χ1) is 6.11. The van der Waals surface area contributed by atoms with Gasteiger partial charge in [-0.25, -0.2) is 4.79 Å². The van der Waals surface area contributed by atoms with Crippen molar-refractivity contribution in [2.45, 2.75) is 26.3 Å². The number of esters is 1. The van der Waals surface area contributed by atoms with Gasteiger partial charge in [-0.15, -0.1) is 0 Å². The predicted molar refractivity (Wildman–Crippen MR) is 55.5 cm³/mol. The third-order valence-corrected chi connectivity index (χ3v) is 1.70. The van der Waals surface area contributed by atoms with Gasteiger partial charge in [0.1, 0.15) is 6.04 Å². The van der Waals surface area contributed by atoms with E-state index in [1.54, 1.807) is 6.92 Å². The fourth-order valence-corrected chi connectivity index (χ4v) is 1.00. The lowest BCUT2D eigenvalue weighted by Crippen LogP contribution is -2.44. The molecular weight excluding hydrogens is 188 g/mol. The predicted octanol–water partition coefficient (Wildman–Crippen LogP) is 0.422. The first-order valence-electron chi connectivity index (χ1n) is 4.24. The van der Waals surface area contributed by atoms with Gasteiger partial charge in [0.2, 0.25) is 0 Å². The van der Waals surface area contributed by atoms with Crippen LogP contribution in [0.2, 0.25) is 0 Å². The van der Waals surface area contributed by atoms with Gasteiger partial charge in [0, 0.05) is 6.54 Å². The lowest BCUT2D eigenvalue weighted by atomic mass is 10.3. The van der Waals surface area contributed by atoms with Gasteiger partial charge in [0.15, 0.2) is 5.11 Å². The average Bonchev–Trinajstić information content (AvgIpc) is 2.13. The summed E-state index contributed by atoms with van der Waals surface area (Å²) in [6, 6.07) is -0.401. The molecule has 0 bridgehead atoms. The number of nitrogens with one attached hydrogen (secondary N) is 2. The highest BCUT2D eigenvalue weighted by atomic mass is 32.1. The SMILES string of the molecule is CCCNC(=S)NC(C)C(=O)OC. The number of carbonyl (C=O) groups excluding carboxylic acids is 1. The highest BCUT2D eigenvalue weighted by molar-refractivity contribution is 7.80. The van der Waals surface area contributed by atoms with Crippen molar-refractivity contribution in [3.8, 4) is 0 Å². The molecule has 0 aromatic heterocycles. The van der Waals surface area contributed by atoms with Crippen LogP contribution in [-0.2, 0) is 9.53 Å². The van der Waals surface area contributed by atoms with Crippen LogP contribution in [0.1, 0.15) is 20.3 Å². The van der Waals surface area contributed by atoms with Gasteiger partial charge in [0.25, 0.3) is 0 Å². The second-order valence-corrected chi connectivity index (χ2v) is 3.05. The molecule has 2 N–H and O–H groups in total. The van der Waals surface area contributed by atoms with E-state index in [1.807, 2.05) is 6.92 Å². The van der Waals surface area contributed by atoms with E-state index in [9.17, 15) is 4.79 Å². The maximum Gasteiger partial charge on any atom is 0.328 e. The molecule has 0 spiro atoms. The summed E-state index contributed by atoms with van der Waals surface area (Å²) >= 11 is 4.93. The number of hydrogen-bond donors (Lipinski definition) is 2. The molecule has 0 fully saturated rings. The first-order valence-corrected chi connectivity index (χ1v) is 4.64. The summed E-state index contributed by atoms with van der Waals surface area (Å²) < 4.78 is 4.53. The van der Waals surface area contributed by atoms with Crippen LogP contribution >= 0.6 is 12.2 Å². The molecule has 1 unspecified atom stereocenters. The van der Waals surface area contributed by atoms with Gasteiger partial charge in [-0.05, 0) is 25.6 Å². The van der Waals surface area contributed by atoms with E-state index in [-0.39, 0.29) is 5.97 Å². The molecule has 0 aromatic carbocycles. The number of hydrogen-bond acceptors (Lipinski definition) is 3. The van der Waals surface area contributed by atoms with Crippen LogP contribution in [0.15, 0.2) is 0 Å². The third-order valence-electron chi connectivity index (χ3n) is 1.44. The van der Waals surface area contributed by atoms with Crippen molar-refractivity contribution in [2.24, 2.45) is 0 Å². The molecule has 0 rings (SSSR count). The number of thiocarbonyl (C=S) groups is 1. The smallest absolute Gasteiger partial charge is 0.328 e. The molecule has 0 aromatic rings. The second-order valence-electron chi connectivity index (χ2n) is 2.65. The molecular formula is C8H16N2O2S. The van der Waals surface area contributed by atoms with E-state index in [2.05, 4.69) is 15.4 Å². The lowest BCUT2D eigenvalue weighted by molar-refractivity contribution is -0.142. The van der Waals surface area contributed by atoms with Crippen LogP contribution in [0.5, 0.6) is 0 Å². The Balaban J connectivity index is 3.71. The average molecular weight is 204 g/mol. The van der Waals surface area contributed by atoms with Crippen molar-refractivity contribution in [3.63, 3.8) is 0 Å². The Bertz CT molecular complexity index is 185. The summed E-state index contributed by atoms with van der Waals surface area (Å²) in [6.45, 7) is 4.55. The van der Waals surface area contributed by atoms with E-state index in [0.29, 0.717) is 5.11 Å². The molecule has 13 heavy (non-hydrogen) atoms. The highest BCUT2D eigenvalue weighted by Crippen LogP contribution is 1.85. The summed E-state index contributed by atoms with van der Waals surface area (Å²) in [5.41, 5.74) is 0. The van der Waals surface area contributed by atoms with Crippen LogP contribution in [0.25, 0.3) is 0 Å². The first kappa shape index (κ1) is 12.2. The van der Waals surface area contributed by atoms with E-state index in [4.69, 9.17) is 12.2 Å². The van der Waals surface area contributed by atoms with E-state index >= 15 is 0 Å². The third kappa shape index (κ3) is 5.41. The van der Waals surface area contributed by atoms with E-state index < -0.39 is 6.04 Å². The fraction of sp³-hybridized carbons (Fsp3) is 0.750. The molecule has 0 aliphatic rings. The summed E-state index contributed by atoms with van der Waals surface area (Å²) in [4.78, 5) is 10.9. The largest absolute Gasteiger partial charge is 0.467 e. The zero-order chi connectivity index (χ0) is 10.3. The topological polar surface area (TPSA) is 50.4 Å². The van der Waals surface area contributed by atoms with Gasteiger partial charge in [-0.1, -0.05) is 6.92 Å². The van der Waals surface area contributed by atoms with Gasteiger partial charge in [0.05, 0.1) is 7.11 Å². The molecule has 5 heteroatoms. The molecule has 0 saturated heterocycles. The van der Waals surface area contributed by atoms with Crippen LogP contribution in [0.3, 0.4) is 0 Å². The van der Waals surface area contributed by atoms with Crippen LogP contribution < -0.4 is 10.6 Å². The van der Waals surface area contributed by atoms with Gasteiger partial charge >= 0.3 is 5.97 Å². The summed E-state index contributed by atoms with van der Waals surface area (Å²) in [7, 11) is 1.35. The fourth-order valence-electron chi connectivity index (χ4n) is 0.722.